The third-order valence-electron chi connectivity index (χ3n) is 3.71. The first-order valence-electron chi connectivity index (χ1n) is 7.31. The van der Waals surface area contributed by atoms with Gasteiger partial charge in [0.2, 0.25) is 0 Å². The molecule has 21 heavy (non-hydrogen) atoms. The van der Waals surface area contributed by atoms with Crippen molar-refractivity contribution in [2.24, 2.45) is 0 Å². The van der Waals surface area contributed by atoms with Crippen LogP contribution in [0.5, 0.6) is 0 Å². The highest BCUT2D eigenvalue weighted by molar-refractivity contribution is 5.80. The van der Waals surface area contributed by atoms with Crippen LogP contribution in [0.4, 0.5) is 5.69 Å². The minimum Gasteiger partial charge on any atom is -0.399 e. The largest absolute Gasteiger partial charge is 0.399 e. The van der Waals surface area contributed by atoms with Gasteiger partial charge in [-0.25, -0.2) is 4.98 Å². The van der Waals surface area contributed by atoms with E-state index in [4.69, 9.17) is 10.7 Å². The van der Waals surface area contributed by atoms with E-state index >= 15 is 0 Å². The maximum Gasteiger partial charge on any atom is 0.112 e. The zero-order chi connectivity index (χ0) is 15.0. The first-order valence-corrected chi connectivity index (χ1v) is 7.31. The van der Waals surface area contributed by atoms with Crippen molar-refractivity contribution in [2.45, 2.75) is 39.3 Å². The second-order valence-corrected chi connectivity index (χ2v) is 5.82. The molecule has 1 aromatic carbocycles. The number of imidazole rings is 1. The van der Waals surface area contributed by atoms with Crippen LogP contribution in [0.1, 0.15) is 38.6 Å². The van der Waals surface area contributed by atoms with E-state index in [2.05, 4.69) is 36.5 Å². The molecule has 2 aromatic heterocycles. The van der Waals surface area contributed by atoms with Crippen molar-refractivity contribution in [1.82, 2.24) is 19.3 Å². The lowest BCUT2D eigenvalue weighted by atomic mass is 10.2. The number of hydrogen-bond acceptors (Lipinski definition) is 3. The van der Waals surface area contributed by atoms with Crippen LogP contribution >= 0.6 is 0 Å². The van der Waals surface area contributed by atoms with E-state index in [0.29, 0.717) is 5.92 Å². The van der Waals surface area contributed by atoms with Gasteiger partial charge >= 0.3 is 0 Å². The number of fused-ring (bicyclic) bond motifs is 1. The second-order valence-electron chi connectivity index (χ2n) is 5.82. The fourth-order valence-corrected chi connectivity index (χ4v) is 2.77. The highest BCUT2D eigenvalue weighted by Crippen LogP contribution is 2.27. The zero-order valence-corrected chi connectivity index (χ0v) is 12.7. The predicted octanol–water partition coefficient (Wildman–Crippen LogP) is 3.20. The molecule has 1 unspecified atom stereocenters. The van der Waals surface area contributed by atoms with Gasteiger partial charge in [-0.05, 0) is 31.2 Å². The molecule has 0 bridgehead atoms. The van der Waals surface area contributed by atoms with Gasteiger partial charge in [0.25, 0.3) is 0 Å². The molecular weight excluding hydrogens is 262 g/mol. The summed E-state index contributed by atoms with van der Waals surface area (Å²) < 4.78 is 4.26. The number of rotatable bonds is 4. The molecule has 110 valence electrons. The van der Waals surface area contributed by atoms with Crippen molar-refractivity contribution in [3.05, 3.63) is 42.5 Å². The monoisotopic (exact) mass is 283 g/mol. The Labute approximate surface area is 124 Å². The lowest BCUT2D eigenvalue weighted by Gasteiger charge is -2.19. The van der Waals surface area contributed by atoms with Crippen LogP contribution in [0.25, 0.3) is 11.0 Å². The molecule has 1 atom stereocenters. The van der Waals surface area contributed by atoms with E-state index in [1.165, 1.54) is 0 Å². The maximum absolute atomic E-state index is 5.88. The molecule has 3 rings (SSSR count). The van der Waals surface area contributed by atoms with Gasteiger partial charge in [-0.3, -0.25) is 4.68 Å². The third kappa shape index (κ3) is 2.51. The topological polar surface area (TPSA) is 61.7 Å². The predicted molar refractivity (Wildman–Crippen MR) is 85.2 cm³/mol. The van der Waals surface area contributed by atoms with Gasteiger partial charge < -0.3 is 10.3 Å². The van der Waals surface area contributed by atoms with E-state index in [9.17, 15) is 0 Å². The quantitative estimate of drug-likeness (QED) is 0.748. The standard InChI is InChI=1S/C16H21N5/c1-11(2)16-19-14-9-13(17)5-6-15(14)21(16)12(3)10-20-8-4-7-18-20/h4-9,11-12H,10,17H2,1-3H3. The summed E-state index contributed by atoms with van der Waals surface area (Å²) in [4.78, 5) is 4.78. The van der Waals surface area contributed by atoms with Gasteiger partial charge in [-0.1, -0.05) is 13.8 Å². The van der Waals surface area contributed by atoms with Crippen LogP contribution in [-0.2, 0) is 6.54 Å². The van der Waals surface area contributed by atoms with Crippen molar-refractivity contribution < 1.29 is 0 Å². The van der Waals surface area contributed by atoms with Gasteiger partial charge in [0.15, 0.2) is 0 Å². The average Bonchev–Trinajstić information content (AvgIpc) is 3.04. The van der Waals surface area contributed by atoms with Crippen molar-refractivity contribution in [2.75, 3.05) is 5.73 Å². The smallest absolute Gasteiger partial charge is 0.112 e. The first kappa shape index (κ1) is 13.7. The third-order valence-corrected chi connectivity index (χ3v) is 3.71. The molecular formula is C16H21N5. The number of nitrogens with two attached hydrogens (primary N) is 1. The van der Waals surface area contributed by atoms with Crippen molar-refractivity contribution in [1.29, 1.82) is 0 Å². The molecule has 0 saturated heterocycles. The first-order chi connectivity index (χ1) is 10.1. The molecule has 0 saturated carbocycles. The van der Waals surface area contributed by atoms with Crippen molar-refractivity contribution in [3.63, 3.8) is 0 Å². The summed E-state index contributed by atoms with van der Waals surface area (Å²) in [5, 5.41) is 4.30. The molecule has 0 aliphatic rings. The number of aromatic nitrogens is 4. The number of nitrogen functional groups attached to an aromatic ring is 1. The Morgan fingerprint density at radius 2 is 2.05 bits per heavy atom. The Balaban J connectivity index is 2.08. The van der Waals surface area contributed by atoms with Crippen LogP contribution in [-0.4, -0.2) is 19.3 Å². The Hall–Kier alpha value is -2.30. The van der Waals surface area contributed by atoms with Crippen LogP contribution in [0.2, 0.25) is 0 Å². The highest BCUT2D eigenvalue weighted by Gasteiger charge is 2.18. The van der Waals surface area contributed by atoms with Gasteiger partial charge in [-0.2, -0.15) is 5.10 Å². The summed E-state index contributed by atoms with van der Waals surface area (Å²) in [6.45, 7) is 7.36. The van der Waals surface area contributed by atoms with Crippen LogP contribution < -0.4 is 5.73 Å². The molecule has 5 nitrogen and oxygen atoms in total. The second kappa shape index (κ2) is 5.24. The highest BCUT2D eigenvalue weighted by atomic mass is 15.3. The minimum atomic E-state index is 0.274. The van der Waals surface area contributed by atoms with Gasteiger partial charge in [0.05, 0.1) is 23.6 Å². The normalized spacial score (nSPS) is 13.1. The average molecular weight is 283 g/mol. The zero-order valence-electron chi connectivity index (χ0n) is 12.7. The summed E-state index contributed by atoms with van der Waals surface area (Å²) in [6.07, 6.45) is 3.80. The summed E-state index contributed by atoms with van der Waals surface area (Å²) in [5.74, 6) is 1.45. The van der Waals surface area contributed by atoms with Gasteiger partial charge in [0, 0.05) is 24.0 Å². The van der Waals surface area contributed by atoms with Gasteiger partial charge in [0.1, 0.15) is 5.82 Å². The molecule has 0 aliphatic heterocycles. The number of anilines is 1. The van der Waals surface area contributed by atoms with Gasteiger partial charge in [-0.15, -0.1) is 0 Å². The van der Waals surface area contributed by atoms with E-state index in [-0.39, 0.29) is 6.04 Å². The molecule has 0 amide bonds. The Kier molecular flexibility index (Phi) is 3.41. The molecule has 2 N–H and O–H groups in total. The molecule has 3 aromatic rings. The molecule has 0 radical (unpaired) electrons. The molecule has 0 aliphatic carbocycles. The molecule has 5 heteroatoms. The Bertz CT molecular complexity index is 739. The summed E-state index contributed by atoms with van der Waals surface area (Å²) in [6, 6.07) is 8.16. The fraction of sp³-hybridized carbons (Fsp3) is 0.375. The lowest BCUT2D eigenvalue weighted by Crippen LogP contribution is -2.16. The summed E-state index contributed by atoms with van der Waals surface area (Å²) in [5.41, 5.74) is 8.73. The molecule has 0 spiro atoms. The van der Waals surface area contributed by atoms with Crippen molar-refractivity contribution in [3.8, 4) is 0 Å². The van der Waals surface area contributed by atoms with Crippen LogP contribution in [0, 0.1) is 0 Å². The number of hydrogen-bond donors (Lipinski definition) is 1. The number of benzene rings is 1. The van der Waals surface area contributed by atoms with Crippen LogP contribution in [0.3, 0.4) is 0 Å². The molecule has 0 fully saturated rings. The molecule has 2 heterocycles. The van der Waals surface area contributed by atoms with E-state index in [1.54, 1.807) is 0 Å². The lowest BCUT2D eigenvalue weighted by molar-refractivity contribution is 0.429. The van der Waals surface area contributed by atoms with Crippen molar-refractivity contribution >= 4 is 16.7 Å². The van der Waals surface area contributed by atoms with E-state index < -0.39 is 0 Å². The summed E-state index contributed by atoms with van der Waals surface area (Å²) in [7, 11) is 0. The fourth-order valence-electron chi connectivity index (χ4n) is 2.77. The Morgan fingerprint density at radius 3 is 2.71 bits per heavy atom. The maximum atomic E-state index is 5.88. The Morgan fingerprint density at radius 1 is 1.24 bits per heavy atom. The van der Waals surface area contributed by atoms with E-state index in [1.807, 2.05) is 35.3 Å². The number of nitrogens with zero attached hydrogens (tertiary/aromatic N) is 4. The van der Waals surface area contributed by atoms with E-state index in [0.717, 1.165) is 29.1 Å². The summed E-state index contributed by atoms with van der Waals surface area (Å²) >= 11 is 0. The minimum absolute atomic E-state index is 0.274. The SMILES string of the molecule is CC(C)c1nc2cc(N)ccc2n1C(C)Cn1cccn1. The van der Waals surface area contributed by atoms with Crippen LogP contribution in [0.15, 0.2) is 36.7 Å².